The van der Waals surface area contributed by atoms with Crippen molar-refractivity contribution in [2.75, 3.05) is 26.2 Å². The second-order valence-corrected chi connectivity index (χ2v) is 13.5. The monoisotopic (exact) mass is 710 g/mol. The second kappa shape index (κ2) is 17.5. The van der Waals surface area contributed by atoms with Gasteiger partial charge in [-0.3, -0.25) is 9.59 Å². The number of rotatable bonds is 16. The Morgan fingerprint density at radius 3 is 1.62 bits per heavy atom. The minimum Gasteiger partial charge on any atom is -0.444 e. The summed E-state index contributed by atoms with van der Waals surface area (Å²) in [7, 11) is -3.97. The molecule has 17 heteroatoms. The summed E-state index contributed by atoms with van der Waals surface area (Å²) in [5.74, 6) is -1.57. The highest BCUT2D eigenvalue weighted by Crippen LogP contribution is 2.36. The molecule has 268 valence electrons. The first kappa shape index (κ1) is 40.3. The van der Waals surface area contributed by atoms with Crippen LogP contribution in [0.2, 0.25) is 0 Å². The molecule has 2 aromatic carbocycles. The van der Waals surface area contributed by atoms with Gasteiger partial charge in [0.05, 0.1) is 16.0 Å². The van der Waals surface area contributed by atoms with E-state index in [4.69, 9.17) is 4.74 Å². The topological polar surface area (TPSA) is 143 Å². The van der Waals surface area contributed by atoms with Crippen LogP contribution in [0, 0.1) is 0 Å². The van der Waals surface area contributed by atoms with Gasteiger partial charge in [-0.2, -0.15) is 26.3 Å². The Bertz CT molecular complexity index is 1480. The zero-order valence-electron chi connectivity index (χ0n) is 26.7. The van der Waals surface area contributed by atoms with Gasteiger partial charge in [-0.15, -0.1) is 0 Å². The molecule has 4 N–H and O–H groups in total. The van der Waals surface area contributed by atoms with Gasteiger partial charge >= 0.3 is 18.4 Å². The molecule has 10 nitrogen and oxygen atoms in total. The minimum absolute atomic E-state index is 0.00193. The van der Waals surface area contributed by atoms with E-state index >= 15 is 0 Å². The van der Waals surface area contributed by atoms with Crippen LogP contribution < -0.4 is 20.7 Å². The molecule has 3 amide bonds. The molecule has 2 aromatic rings. The Morgan fingerprint density at radius 2 is 1.12 bits per heavy atom. The number of nitrogens with one attached hydrogen (secondary N) is 4. The number of benzene rings is 2. The van der Waals surface area contributed by atoms with Gasteiger partial charge in [-0.1, -0.05) is 12.5 Å². The average Bonchev–Trinajstić information content (AvgIpc) is 2.98. The lowest BCUT2D eigenvalue weighted by Gasteiger charge is -2.19. The van der Waals surface area contributed by atoms with Gasteiger partial charge in [0.2, 0.25) is 10.0 Å². The molecule has 2 rings (SSSR count). The number of carbonyl (C=O) groups excluding carboxylic acids is 3. The predicted octanol–water partition coefficient (Wildman–Crippen LogP) is 6.03. The third-order valence-corrected chi connectivity index (χ3v) is 7.95. The smallest absolute Gasteiger partial charge is 0.416 e. The van der Waals surface area contributed by atoms with Crippen LogP contribution in [0.3, 0.4) is 0 Å². The van der Waals surface area contributed by atoms with Gasteiger partial charge < -0.3 is 20.7 Å². The van der Waals surface area contributed by atoms with Crippen LogP contribution >= 0.6 is 0 Å². The SMILES string of the molecule is CC(C)(C)OC(=O)NCCCCCNC(=O)c1cccc(S(=O)(=O)NCCCCCNC(=O)c2cc(C(F)(F)F)cc(C(F)(F)F)c2)c1. The largest absolute Gasteiger partial charge is 0.444 e. The molecule has 0 atom stereocenters. The first-order valence-corrected chi connectivity index (χ1v) is 16.6. The van der Waals surface area contributed by atoms with Gasteiger partial charge in [0.25, 0.3) is 11.8 Å². The normalized spacial score (nSPS) is 12.4. The Balaban J connectivity index is 1.73. The molecule has 0 fully saturated rings. The summed E-state index contributed by atoms with van der Waals surface area (Å²) in [6.45, 7) is 5.99. The number of amides is 3. The molecule has 0 aliphatic heterocycles. The zero-order valence-corrected chi connectivity index (χ0v) is 27.6. The number of alkyl carbamates (subject to hydrolysis) is 1. The average molecular weight is 711 g/mol. The van der Waals surface area contributed by atoms with Crippen molar-refractivity contribution in [3.8, 4) is 0 Å². The van der Waals surface area contributed by atoms with Crippen LogP contribution in [0.4, 0.5) is 31.1 Å². The molecule has 0 saturated heterocycles. The van der Waals surface area contributed by atoms with E-state index in [-0.39, 0.29) is 36.0 Å². The summed E-state index contributed by atoms with van der Waals surface area (Å²) in [5.41, 5.74) is -4.43. The number of alkyl halides is 6. The van der Waals surface area contributed by atoms with E-state index in [1.54, 1.807) is 20.8 Å². The van der Waals surface area contributed by atoms with E-state index in [0.717, 1.165) is 6.42 Å². The quantitative estimate of drug-likeness (QED) is 0.124. The van der Waals surface area contributed by atoms with Crippen LogP contribution in [0.1, 0.15) is 91.1 Å². The minimum atomic E-state index is -5.08. The molecular formula is C31H40F6N4O6S. The van der Waals surface area contributed by atoms with Crippen molar-refractivity contribution in [1.29, 1.82) is 0 Å². The number of hydrogen-bond donors (Lipinski definition) is 4. The molecular weight excluding hydrogens is 670 g/mol. The van der Waals surface area contributed by atoms with E-state index < -0.39 is 62.6 Å². The maximum atomic E-state index is 13.0. The number of sulfonamides is 1. The molecule has 0 aliphatic rings. The highest BCUT2D eigenvalue weighted by molar-refractivity contribution is 7.89. The van der Waals surface area contributed by atoms with E-state index in [2.05, 4.69) is 20.7 Å². The van der Waals surface area contributed by atoms with Gasteiger partial charge in [0.1, 0.15) is 5.60 Å². The highest BCUT2D eigenvalue weighted by Gasteiger charge is 2.37. The zero-order chi connectivity index (χ0) is 36.2. The number of unbranched alkanes of at least 4 members (excludes halogenated alkanes) is 4. The number of ether oxygens (including phenoxy) is 1. The molecule has 0 aromatic heterocycles. The fraction of sp³-hybridized carbons (Fsp3) is 0.516. The van der Waals surface area contributed by atoms with Crippen molar-refractivity contribution >= 4 is 27.9 Å². The van der Waals surface area contributed by atoms with Crippen molar-refractivity contribution in [3.63, 3.8) is 0 Å². The maximum absolute atomic E-state index is 13.0. The first-order valence-electron chi connectivity index (χ1n) is 15.1. The van der Waals surface area contributed by atoms with E-state index in [0.29, 0.717) is 50.9 Å². The lowest BCUT2D eigenvalue weighted by atomic mass is 10.0. The molecule has 0 heterocycles. The van der Waals surface area contributed by atoms with Crippen molar-refractivity contribution < 1.29 is 53.9 Å². The molecule has 0 radical (unpaired) electrons. The maximum Gasteiger partial charge on any atom is 0.416 e. The summed E-state index contributed by atoms with van der Waals surface area (Å²) in [4.78, 5) is 36.3. The molecule has 0 spiro atoms. The summed E-state index contributed by atoms with van der Waals surface area (Å²) < 4.78 is 111. The van der Waals surface area contributed by atoms with Crippen LogP contribution in [0.15, 0.2) is 47.4 Å². The summed E-state index contributed by atoms with van der Waals surface area (Å²) in [6.07, 6.45) is -7.68. The van der Waals surface area contributed by atoms with E-state index in [9.17, 15) is 49.1 Å². The molecule has 0 saturated carbocycles. The highest BCUT2D eigenvalue weighted by atomic mass is 32.2. The van der Waals surface area contributed by atoms with E-state index in [1.165, 1.54) is 24.3 Å². The Hall–Kier alpha value is -3.86. The summed E-state index contributed by atoms with van der Waals surface area (Å²) in [5, 5.41) is 7.64. The van der Waals surface area contributed by atoms with Crippen molar-refractivity contribution in [1.82, 2.24) is 20.7 Å². The van der Waals surface area contributed by atoms with E-state index in [1.807, 2.05) is 0 Å². The van der Waals surface area contributed by atoms with Gasteiger partial charge in [-0.05, 0) is 89.3 Å². The third kappa shape index (κ3) is 14.5. The lowest BCUT2D eigenvalue weighted by molar-refractivity contribution is -0.143. The fourth-order valence-corrected chi connectivity index (χ4v) is 5.27. The standard InChI is InChI=1S/C31H40F6N4O6S/c1-29(2,3)47-28(44)40-15-8-4-6-13-38-26(42)21-11-10-12-25(19-21)48(45,46)41-16-9-5-7-14-39-27(43)22-17-23(30(32,33)34)20-24(18-22)31(35,36)37/h10-12,17-20,41H,4-9,13-16H2,1-3H3,(H,38,42)(H,39,43)(H,40,44). The second-order valence-electron chi connectivity index (χ2n) is 11.8. The van der Waals surface area contributed by atoms with Gasteiger partial charge in [-0.25, -0.2) is 17.9 Å². The lowest BCUT2D eigenvalue weighted by Crippen LogP contribution is -2.33. The third-order valence-electron chi connectivity index (χ3n) is 6.49. The molecule has 0 unspecified atom stereocenters. The van der Waals surface area contributed by atoms with Gasteiger partial charge in [0, 0.05) is 37.3 Å². The van der Waals surface area contributed by atoms with Crippen LogP contribution in [0.25, 0.3) is 0 Å². The van der Waals surface area contributed by atoms with Crippen molar-refractivity contribution in [3.05, 3.63) is 64.7 Å². The molecule has 48 heavy (non-hydrogen) atoms. The first-order chi connectivity index (χ1) is 22.2. The molecule has 0 aliphatic carbocycles. The van der Waals surface area contributed by atoms with Crippen LogP contribution in [-0.4, -0.2) is 58.1 Å². The summed E-state index contributed by atoms with van der Waals surface area (Å²) in [6, 6.07) is 6.07. The number of carbonyl (C=O) groups is 3. The number of hydrogen-bond acceptors (Lipinski definition) is 6. The van der Waals surface area contributed by atoms with Crippen molar-refractivity contribution in [2.45, 2.75) is 82.1 Å². The Morgan fingerprint density at radius 1 is 0.646 bits per heavy atom. The summed E-state index contributed by atoms with van der Waals surface area (Å²) >= 11 is 0. The number of halogens is 6. The Labute approximate surface area is 275 Å². The fourth-order valence-electron chi connectivity index (χ4n) is 4.15. The Kier molecular flexibility index (Phi) is 14.7. The predicted molar refractivity (Wildman–Crippen MR) is 165 cm³/mol. The van der Waals surface area contributed by atoms with Crippen molar-refractivity contribution in [2.24, 2.45) is 0 Å². The van der Waals surface area contributed by atoms with Crippen LogP contribution in [0.5, 0.6) is 0 Å². The van der Waals surface area contributed by atoms with Crippen LogP contribution in [-0.2, 0) is 27.1 Å². The van der Waals surface area contributed by atoms with Gasteiger partial charge in [0.15, 0.2) is 0 Å². The molecule has 0 bridgehead atoms.